The van der Waals surface area contributed by atoms with Crippen LogP contribution in [0.3, 0.4) is 0 Å². The van der Waals surface area contributed by atoms with E-state index in [1.54, 1.807) is 24.3 Å². The molecule has 3 aromatic rings. The number of nitrogens with zero attached hydrogens (tertiary/aromatic N) is 2. The molecule has 3 rings (SSSR count). The maximum atomic E-state index is 12.4. The van der Waals surface area contributed by atoms with E-state index in [1.165, 1.54) is 19.5 Å². The predicted octanol–water partition coefficient (Wildman–Crippen LogP) is 3.13. The first kappa shape index (κ1) is 18.1. The van der Waals surface area contributed by atoms with Crippen LogP contribution in [0.25, 0.3) is 0 Å². The number of nitrogens with one attached hydrogen (secondary N) is 2. The second-order valence-electron chi connectivity index (χ2n) is 5.63. The van der Waals surface area contributed by atoms with Gasteiger partial charge in [-0.1, -0.05) is 42.5 Å². The molecule has 0 bridgehead atoms. The Morgan fingerprint density at radius 3 is 2.33 bits per heavy atom. The molecule has 7 heteroatoms. The van der Waals surface area contributed by atoms with Crippen molar-refractivity contribution >= 4 is 23.5 Å². The minimum atomic E-state index is -0.525. The van der Waals surface area contributed by atoms with Crippen molar-refractivity contribution in [2.24, 2.45) is 0 Å². The van der Waals surface area contributed by atoms with Crippen molar-refractivity contribution in [1.29, 1.82) is 0 Å². The van der Waals surface area contributed by atoms with Crippen LogP contribution in [0, 0.1) is 0 Å². The molecular formula is C20H18N4O3. The molecule has 7 nitrogen and oxygen atoms in total. The van der Waals surface area contributed by atoms with Gasteiger partial charge in [-0.15, -0.1) is 0 Å². The van der Waals surface area contributed by atoms with Crippen LogP contribution in [-0.2, 0) is 11.3 Å². The first-order chi connectivity index (χ1) is 13.2. The highest BCUT2D eigenvalue weighted by molar-refractivity contribution is 6.07. The van der Waals surface area contributed by atoms with Gasteiger partial charge in [-0.05, 0) is 17.7 Å². The van der Waals surface area contributed by atoms with Crippen LogP contribution in [0.2, 0.25) is 0 Å². The van der Waals surface area contributed by atoms with Gasteiger partial charge >= 0.3 is 5.97 Å². The molecule has 0 aliphatic carbocycles. The fraction of sp³-hybridized carbons (Fsp3) is 0.100. The number of para-hydroxylation sites is 1. The summed E-state index contributed by atoms with van der Waals surface area (Å²) in [4.78, 5) is 32.5. The van der Waals surface area contributed by atoms with Gasteiger partial charge in [0.2, 0.25) is 5.95 Å². The third-order valence-corrected chi connectivity index (χ3v) is 3.79. The second-order valence-corrected chi connectivity index (χ2v) is 5.63. The van der Waals surface area contributed by atoms with Gasteiger partial charge < -0.3 is 15.4 Å². The minimum absolute atomic E-state index is 0.274. The van der Waals surface area contributed by atoms with E-state index in [-0.39, 0.29) is 11.1 Å². The quantitative estimate of drug-likeness (QED) is 0.655. The van der Waals surface area contributed by atoms with Crippen LogP contribution < -0.4 is 10.6 Å². The Bertz CT molecular complexity index is 927. The number of aromatic nitrogens is 2. The van der Waals surface area contributed by atoms with Gasteiger partial charge in [-0.3, -0.25) is 4.79 Å². The summed E-state index contributed by atoms with van der Waals surface area (Å²) in [6.45, 7) is 0.582. The number of carbonyl (C=O) groups is 2. The lowest BCUT2D eigenvalue weighted by Gasteiger charge is -2.10. The number of ether oxygens (including phenoxy) is 1. The van der Waals surface area contributed by atoms with Gasteiger partial charge in [0.25, 0.3) is 5.91 Å². The lowest BCUT2D eigenvalue weighted by Crippen LogP contribution is -2.16. The van der Waals surface area contributed by atoms with Crippen molar-refractivity contribution in [2.75, 3.05) is 17.7 Å². The second kappa shape index (κ2) is 8.57. The number of methoxy groups -OCH3 is 1. The molecule has 2 N–H and O–H groups in total. The molecule has 1 heterocycles. The maximum Gasteiger partial charge on any atom is 0.339 e. The number of anilines is 2. The summed E-state index contributed by atoms with van der Waals surface area (Å²) < 4.78 is 4.72. The molecule has 0 saturated carbocycles. The molecule has 0 atom stereocenters. The summed E-state index contributed by atoms with van der Waals surface area (Å²) in [7, 11) is 1.29. The van der Waals surface area contributed by atoms with E-state index < -0.39 is 11.9 Å². The molecule has 0 fully saturated rings. The van der Waals surface area contributed by atoms with Crippen molar-refractivity contribution in [3.63, 3.8) is 0 Å². The number of amides is 1. The van der Waals surface area contributed by atoms with Gasteiger partial charge in [-0.25, -0.2) is 14.8 Å². The molecule has 136 valence electrons. The number of carbonyl (C=O) groups excluding carboxylic acids is 2. The molecule has 0 aliphatic rings. The van der Waals surface area contributed by atoms with Gasteiger partial charge in [0.1, 0.15) is 0 Å². The molecule has 1 amide bonds. The number of hydrogen-bond donors (Lipinski definition) is 2. The van der Waals surface area contributed by atoms with Gasteiger partial charge in [0, 0.05) is 18.9 Å². The molecule has 0 spiro atoms. The average molecular weight is 362 g/mol. The van der Waals surface area contributed by atoms with E-state index in [1.807, 2.05) is 30.3 Å². The lowest BCUT2D eigenvalue weighted by atomic mass is 10.1. The lowest BCUT2D eigenvalue weighted by molar-refractivity contribution is 0.0602. The Hall–Kier alpha value is -3.74. The first-order valence-electron chi connectivity index (χ1n) is 8.26. The Balaban J connectivity index is 1.65. The van der Waals surface area contributed by atoms with Crippen LogP contribution in [-0.4, -0.2) is 29.0 Å². The first-order valence-corrected chi connectivity index (χ1v) is 8.26. The largest absolute Gasteiger partial charge is 0.465 e. The summed E-state index contributed by atoms with van der Waals surface area (Å²) in [5, 5.41) is 5.77. The Labute approximate surface area is 156 Å². The number of esters is 1. The fourth-order valence-corrected chi connectivity index (χ4v) is 2.39. The number of rotatable bonds is 6. The van der Waals surface area contributed by atoms with E-state index in [0.717, 1.165) is 5.56 Å². The highest BCUT2D eigenvalue weighted by Gasteiger charge is 2.14. The summed E-state index contributed by atoms with van der Waals surface area (Å²) in [6.07, 6.45) is 2.85. The molecule has 0 unspecified atom stereocenters. The van der Waals surface area contributed by atoms with E-state index >= 15 is 0 Å². The normalized spacial score (nSPS) is 10.1. The third-order valence-electron chi connectivity index (χ3n) is 3.79. The molecular weight excluding hydrogens is 344 g/mol. The van der Waals surface area contributed by atoms with Crippen LogP contribution in [0.5, 0.6) is 0 Å². The fourth-order valence-electron chi connectivity index (χ4n) is 2.39. The highest BCUT2D eigenvalue weighted by atomic mass is 16.5. The topological polar surface area (TPSA) is 93.2 Å². The van der Waals surface area contributed by atoms with Gasteiger partial charge in [0.15, 0.2) is 0 Å². The van der Waals surface area contributed by atoms with Crippen molar-refractivity contribution in [3.05, 3.63) is 83.7 Å². The Kier molecular flexibility index (Phi) is 5.73. The van der Waals surface area contributed by atoms with E-state index in [9.17, 15) is 9.59 Å². The smallest absolute Gasteiger partial charge is 0.339 e. The Morgan fingerprint density at radius 2 is 1.63 bits per heavy atom. The number of benzene rings is 2. The van der Waals surface area contributed by atoms with E-state index in [4.69, 9.17) is 4.74 Å². The standard InChI is InChI=1S/C20H18N4O3/c1-27-19(26)16-9-5-6-10-17(16)24-18(25)15-12-22-20(23-13-15)21-11-14-7-3-2-4-8-14/h2-10,12-13H,11H2,1H3,(H,24,25)(H,21,22,23). The molecule has 0 radical (unpaired) electrons. The summed E-state index contributed by atoms with van der Waals surface area (Å²) in [6, 6.07) is 16.5. The van der Waals surface area contributed by atoms with Crippen molar-refractivity contribution in [3.8, 4) is 0 Å². The number of hydrogen-bond acceptors (Lipinski definition) is 6. The van der Waals surface area contributed by atoms with E-state index in [0.29, 0.717) is 18.2 Å². The van der Waals surface area contributed by atoms with Crippen molar-refractivity contribution < 1.29 is 14.3 Å². The zero-order valence-corrected chi connectivity index (χ0v) is 14.7. The molecule has 27 heavy (non-hydrogen) atoms. The Morgan fingerprint density at radius 1 is 0.963 bits per heavy atom. The van der Waals surface area contributed by atoms with Crippen LogP contribution >= 0.6 is 0 Å². The van der Waals surface area contributed by atoms with Crippen LogP contribution in [0.1, 0.15) is 26.3 Å². The minimum Gasteiger partial charge on any atom is -0.465 e. The third kappa shape index (κ3) is 4.66. The molecule has 1 aromatic heterocycles. The highest BCUT2D eigenvalue weighted by Crippen LogP contribution is 2.17. The van der Waals surface area contributed by atoms with E-state index in [2.05, 4.69) is 20.6 Å². The summed E-state index contributed by atoms with van der Waals surface area (Å²) in [5.41, 5.74) is 2.01. The summed E-state index contributed by atoms with van der Waals surface area (Å²) in [5.74, 6) is -0.520. The van der Waals surface area contributed by atoms with Crippen LogP contribution in [0.15, 0.2) is 67.0 Å². The molecule has 0 saturated heterocycles. The average Bonchev–Trinajstić information content (AvgIpc) is 2.73. The monoisotopic (exact) mass is 362 g/mol. The van der Waals surface area contributed by atoms with Gasteiger partial charge in [0.05, 0.1) is 23.9 Å². The SMILES string of the molecule is COC(=O)c1ccccc1NC(=O)c1cnc(NCc2ccccc2)nc1. The summed E-state index contributed by atoms with van der Waals surface area (Å²) >= 11 is 0. The van der Waals surface area contributed by atoms with Crippen LogP contribution in [0.4, 0.5) is 11.6 Å². The maximum absolute atomic E-state index is 12.4. The zero-order valence-electron chi connectivity index (χ0n) is 14.7. The van der Waals surface area contributed by atoms with Crippen molar-refractivity contribution in [2.45, 2.75) is 6.54 Å². The predicted molar refractivity (Wildman–Crippen MR) is 102 cm³/mol. The van der Waals surface area contributed by atoms with Gasteiger partial charge in [-0.2, -0.15) is 0 Å². The molecule has 0 aliphatic heterocycles. The van der Waals surface area contributed by atoms with Crippen molar-refractivity contribution in [1.82, 2.24) is 9.97 Å². The zero-order chi connectivity index (χ0) is 19.1. The molecule has 2 aromatic carbocycles.